The minimum atomic E-state index is 0.188. The zero-order chi connectivity index (χ0) is 25.1. The number of nitrogens with zero attached hydrogens (tertiary/aromatic N) is 6. The number of pyridine rings is 3. The summed E-state index contributed by atoms with van der Waals surface area (Å²) in [5.41, 5.74) is 9.23. The molecule has 2 aromatic carbocycles. The monoisotopic (exact) mass is 490 g/mol. The van der Waals surface area contributed by atoms with E-state index < -0.39 is 0 Å². The van der Waals surface area contributed by atoms with Crippen molar-refractivity contribution >= 4 is 39.4 Å². The molecule has 8 rings (SSSR count). The maximum absolute atomic E-state index is 4.42. The molecule has 0 bridgehead atoms. The molecule has 0 amide bonds. The zero-order valence-corrected chi connectivity index (χ0v) is 20.4. The van der Waals surface area contributed by atoms with E-state index in [2.05, 4.69) is 102 Å². The second kappa shape index (κ2) is 8.21. The first-order valence-electron chi connectivity index (χ1n) is 12.7. The lowest BCUT2D eigenvalue weighted by Gasteiger charge is -2.28. The molecule has 180 valence electrons. The van der Waals surface area contributed by atoms with E-state index in [1.165, 1.54) is 16.8 Å². The number of benzene rings is 2. The molecule has 6 nitrogen and oxygen atoms in total. The first-order valence-corrected chi connectivity index (χ1v) is 12.7. The maximum Gasteiger partial charge on any atom is 0.0659 e. The number of hydrogen-bond donors (Lipinski definition) is 0. The van der Waals surface area contributed by atoms with E-state index in [9.17, 15) is 0 Å². The van der Waals surface area contributed by atoms with Crippen LogP contribution < -0.4 is 4.90 Å². The lowest BCUT2D eigenvalue weighted by molar-refractivity contribution is 0.779. The third-order valence-electron chi connectivity index (χ3n) is 7.66. The lowest BCUT2D eigenvalue weighted by atomic mass is 9.96. The highest BCUT2D eigenvalue weighted by atomic mass is 15.2. The fraction of sp³-hybridized carbons (Fsp3) is 0.0625. The van der Waals surface area contributed by atoms with E-state index in [1.807, 2.05) is 49.6 Å². The van der Waals surface area contributed by atoms with Gasteiger partial charge in [-0.25, -0.2) is 0 Å². The molecular formula is C32H22N6. The zero-order valence-electron chi connectivity index (χ0n) is 20.4. The molecule has 6 aromatic rings. The summed E-state index contributed by atoms with van der Waals surface area (Å²) in [6, 6.07) is 24.0. The van der Waals surface area contributed by atoms with Crippen LogP contribution in [0.5, 0.6) is 0 Å². The Kier molecular flexibility index (Phi) is 4.54. The van der Waals surface area contributed by atoms with Crippen LogP contribution in [0, 0.1) is 0 Å². The Bertz CT molecular complexity index is 1860. The minimum absolute atomic E-state index is 0.188. The van der Waals surface area contributed by atoms with Crippen LogP contribution in [0.1, 0.15) is 11.5 Å². The van der Waals surface area contributed by atoms with Crippen molar-refractivity contribution in [1.82, 2.24) is 19.5 Å². The lowest BCUT2D eigenvalue weighted by Crippen LogP contribution is -2.29. The smallest absolute Gasteiger partial charge is 0.0659 e. The molecular weight excluding hydrogens is 468 g/mol. The van der Waals surface area contributed by atoms with E-state index in [-0.39, 0.29) is 12.0 Å². The summed E-state index contributed by atoms with van der Waals surface area (Å²) in [4.78, 5) is 20.0. The predicted molar refractivity (Wildman–Crippen MR) is 152 cm³/mol. The highest BCUT2D eigenvalue weighted by molar-refractivity contribution is 6.08. The van der Waals surface area contributed by atoms with E-state index >= 15 is 0 Å². The molecule has 0 saturated carbocycles. The number of fused-ring (bicyclic) bond motifs is 6. The van der Waals surface area contributed by atoms with Crippen LogP contribution in [0.2, 0.25) is 0 Å². The molecule has 0 N–H and O–H groups in total. The molecule has 0 radical (unpaired) electrons. The van der Waals surface area contributed by atoms with Gasteiger partial charge in [-0.1, -0.05) is 24.3 Å². The standard InChI is InChI=1S/C32H22N6/c1-3-21(15-23(5-1)37-29-7-11-33-17-25(29)26-18-34-12-8-30(26)37)22-4-2-6-24(16-22)38-31-9-13-35-19-27(31)28-20-36-14-10-32(28)38/h1-20,25,29H. The first kappa shape index (κ1) is 21.0. The topological polar surface area (TPSA) is 59.2 Å². The largest absolute Gasteiger partial charge is 0.333 e. The van der Waals surface area contributed by atoms with Crippen molar-refractivity contribution in [2.24, 2.45) is 4.99 Å². The van der Waals surface area contributed by atoms with Crippen molar-refractivity contribution in [3.8, 4) is 16.8 Å². The average Bonchev–Trinajstić information content (AvgIpc) is 3.51. The third kappa shape index (κ3) is 3.07. The first-order chi connectivity index (χ1) is 18.9. The van der Waals surface area contributed by atoms with Gasteiger partial charge >= 0.3 is 0 Å². The summed E-state index contributed by atoms with van der Waals surface area (Å²) >= 11 is 0. The molecule has 0 saturated heterocycles. The van der Waals surface area contributed by atoms with Crippen LogP contribution in [-0.2, 0) is 0 Å². The molecule has 2 atom stereocenters. The Morgan fingerprint density at radius 1 is 0.658 bits per heavy atom. The predicted octanol–water partition coefficient (Wildman–Crippen LogP) is 6.84. The van der Waals surface area contributed by atoms with Crippen molar-refractivity contribution in [1.29, 1.82) is 0 Å². The number of hydrogen-bond acceptors (Lipinski definition) is 5. The minimum Gasteiger partial charge on any atom is -0.333 e. The van der Waals surface area contributed by atoms with Gasteiger partial charge in [0.15, 0.2) is 0 Å². The van der Waals surface area contributed by atoms with Crippen molar-refractivity contribution in [2.75, 3.05) is 4.90 Å². The third-order valence-corrected chi connectivity index (χ3v) is 7.66. The Balaban J connectivity index is 1.25. The van der Waals surface area contributed by atoms with Crippen LogP contribution >= 0.6 is 0 Å². The molecule has 4 aromatic heterocycles. The fourth-order valence-electron chi connectivity index (χ4n) is 5.99. The molecule has 38 heavy (non-hydrogen) atoms. The summed E-state index contributed by atoms with van der Waals surface area (Å²) in [5, 5.41) is 2.20. The molecule has 0 fully saturated rings. The van der Waals surface area contributed by atoms with E-state index in [1.54, 1.807) is 0 Å². The quantitative estimate of drug-likeness (QED) is 0.273. The van der Waals surface area contributed by atoms with E-state index in [4.69, 9.17) is 0 Å². The van der Waals surface area contributed by atoms with Crippen molar-refractivity contribution in [3.63, 3.8) is 0 Å². The fourth-order valence-corrected chi connectivity index (χ4v) is 5.99. The Hall–Kier alpha value is -5.10. The van der Waals surface area contributed by atoms with Gasteiger partial charge in [0.1, 0.15) is 0 Å². The molecule has 2 unspecified atom stereocenters. The van der Waals surface area contributed by atoms with E-state index in [0.717, 1.165) is 38.7 Å². The summed E-state index contributed by atoms with van der Waals surface area (Å²) < 4.78 is 2.29. The number of aliphatic imine (C=N–C) groups is 1. The Morgan fingerprint density at radius 3 is 2.08 bits per heavy atom. The van der Waals surface area contributed by atoms with Crippen LogP contribution in [-0.4, -0.2) is 31.8 Å². The number of rotatable bonds is 3. The normalized spacial score (nSPS) is 17.7. The van der Waals surface area contributed by atoms with Crippen molar-refractivity contribution < 1.29 is 0 Å². The van der Waals surface area contributed by atoms with Crippen molar-refractivity contribution in [2.45, 2.75) is 12.0 Å². The van der Waals surface area contributed by atoms with Gasteiger partial charge in [-0.15, -0.1) is 0 Å². The molecule has 6 heterocycles. The number of aromatic nitrogens is 4. The van der Waals surface area contributed by atoms with Crippen LogP contribution in [0.3, 0.4) is 0 Å². The van der Waals surface area contributed by atoms with Gasteiger partial charge in [0.05, 0.1) is 17.1 Å². The molecule has 6 heteroatoms. The highest BCUT2D eigenvalue weighted by Gasteiger charge is 2.38. The van der Waals surface area contributed by atoms with Gasteiger partial charge < -0.3 is 9.47 Å². The van der Waals surface area contributed by atoms with E-state index in [0.29, 0.717) is 0 Å². The highest BCUT2D eigenvalue weighted by Crippen LogP contribution is 2.46. The van der Waals surface area contributed by atoms with Gasteiger partial charge in [-0.2, -0.15) is 0 Å². The second-order valence-corrected chi connectivity index (χ2v) is 9.68. The average molecular weight is 491 g/mol. The molecule has 2 aliphatic rings. The van der Waals surface area contributed by atoms with Gasteiger partial charge in [0, 0.05) is 88.9 Å². The van der Waals surface area contributed by atoms with Gasteiger partial charge in [0.25, 0.3) is 0 Å². The number of anilines is 2. The SMILES string of the molecule is C1=CC2C(C=N1)c1cnccc1N2c1cccc(-c2cccc(-n3c4ccncc4c4cnccc43)c2)c1. The molecule has 2 aliphatic heterocycles. The van der Waals surface area contributed by atoms with Gasteiger partial charge in [-0.3, -0.25) is 19.9 Å². The summed E-state index contributed by atoms with van der Waals surface area (Å²) in [5.74, 6) is 0.204. The Labute approximate surface area is 219 Å². The maximum atomic E-state index is 4.42. The molecule has 0 spiro atoms. The Morgan fingerprint density at radius 2 is 1.32 bits per heavy atom. The summed E-state index contributed by atoms with van der Waals surface area (Å²) in [6.07, 6.45) is 17.5. The van der Waals surface area contributed by atoms with Crippen molar-refractivity contribution in [3.05, 3.63) is 122 Å². The van der Waals surface area contributed by atoms with Crippen LogP contribution in [0.15, 0.2) is 121 Å². The van der Waals surface area contributed by atoms with Crippen LogP contribution in [0.25, 0.3) is 38.6 Å². The second-order valence-electron chi connectivity index (χ2n) is 9.68. The van der Waals surface area contributed by atoms with Gasteiger partial charge in [0.2, 0.25) is 0 Å². The molecule has 0 aliphatic carbocycles. The van der Waals surface area contributed by atoms with Gasteiger partial charge in [-0.05, 0) is 59.7 Å². The summed E-state index contributed by atoms with van der Waals surface area (Å²) in [6.45, 7) is 0. The van der Waals surface area contributed by atoms with Crippen LogP contribution in [0.4, 0.5) is 11.4 Å². The summed E-state index contributed by atoms with van der Waals surface area (Å²) in [7, 11) is 0.